The van der Waals surface area contributed by atoms with Crippen molar-refractivity contribution in [2.45, 2.75) is 25.7 Å². The molecule has 0 heterocycles. The molecule has 1 atom stereocenters. The number of nitrogens with zero attached hydrogens (tertiary/aromatic N) is 1. The summed E-state index contributed by atoms with van der Waals surface area (Å²) in [4.78, 5) is 14.9. The Morgan fingerprint density at radius 1 is 1.10 bits per heavy atom. The van der Waals surface area contributed by atoms with Crippen molar-refractivity contribution in [1.82, 2.24) is 10.2 Å². The number of thiocarbonyl (C=S) groups is 1. The Balaban J connectivity index is 2.25. The summed E-state index contributed by atoms with van der Waals surface area (Å²) in [7, 11) is 3.13. The van der Waals surface area contributed by atoms with E-state index in [-0.39, 0.29) is 5.91 Å². The Hall–Kier alpha value is -1.99. The van der Waals surface area contributed by atoms with Crippen LogP contribution in [-0.4, -0.2) is 49.4 Å². The predicted molar refractivity (Wildman–Crippen MR) is 120 cm³/mol. The average Bonchev–Trinajstić information content (AvgIpc) is 2.73. The number of nitrogens with one attached hydrogen (secondary N) is 1. The van der Waals surface area contributed by atoms with E-state index >= 15 is 0 Å². The minimum absolute atomic E-state index is 0.0555. The molecule has 7 heteroatoms. The van der Waals surface area contributed by atoms with Gasteiger partial charge >= 0.3 is 0 Å². The van der Waals surface area contributed by atoms with Crippen LogP contribution in [-0.2, 0) is 20.7 Å². The fourth-order valence-electron chi connectivity index (χ4n) is 3.02. The third-order valence-electron chi connectivity index (χ3n) is 4.60. The summed E-state index contributed by atoms with van der Waals surface area (Å²) in [6.45, 7) is 2.47. The lowest BCUT2D eigenvalue weighted by Gasteiger charge is -2.33. The molecule has 0 aliphatic rings. The van der Waals surface area contributed by atoms with Crippen LogP contribution in [0.25, 0.3) is 0 Å². The molecule has 0 aliphatic carbocycles. The Morgan fingerprint density at radius 2 is 1.72 bits per heavy atom. The van der Waals surface area contributed by atoms with Crippen molar-refractivity contribution in [3.8, 4) is 0 Å². The van der Waals surface area contributed by atoms with Crippen LogP contribution >= 0.6 is 23.8 Å². The van der Waals surface area contributed by atoms with Gasteiger partial charge in [0.15, 0.2) is 6.29 Å². The molecule has 2 aromatic carbocycles. The number of halogens is 1. The quantitative estimate of drug-likeness (QED) is 0.452. The smallest absolute Gasteiger partial charge is 0.220 e. The maximum atomic E-state index is 12.6. The molecule has 0 aromatic heterocycles. The van der Waals surface area contributed by atoms with Crippen molar-refractivity contribution in [2.24, 2.45) is 0 Å². The lowest BCUT2D eigenvalue weighted by molar-refractivity contribution is -0.130. The molecule has 0 saturated heterocycles. The standard InChI is InChI=1S/C22H27ClN2O3S/c1-16(26)25(14-13-17-7-5-4-6-8-17)21(18-9-11-19(23)12-10-18)22(29)24-15-20(27-2)28-3/h4-12,20-21H,13-15H2,1-3H3,(H,24,29). The number of carbonyl (C=O) groups excluding carboxylic acids is 1. The van der Waals surface area contributed by atoms with E-state index in [9.17, 15) is 4.79 Å². The second kappa shape index (κ2) is 11.9. The molecular formula is C22H27ClN2O3S. The summed E-state index contributed by atoms with van der Waals surface area (Å²) in [6, 6.07) is 17.0. The minimum atomic E-state index is -0.436. The molecule has 5 nitrogen and oxygen atoms in total. The van der Waals surface area contributed by atoms with Gasteiger partial charge in [0.25, 0.3) is 0 Å². The number of methoxy groups -OCH3 is 2. The van der Waals surface area contributed by atoms with Gasteiger partial charge in [0.1, 0.15) is 11.0 Å². The number of amides is 1. The van der Waals surface area contributed by atoms with Crippen molar-refractivity contribution in [3.05, 3.63) is 70.7 Å². The molecule has 156 valence electrons. The summed E-state index contributed by atoms with van der Waals surface area (Å²) in [5, 5.41) is 3.81. The molecule has 1 N–H and O–H groups in total. The first-order chi connectivity index (χ1) is 14.0. The van der Waals surface area contributed by atoms with Gasteiger partial charge in [-0.15, -0.1) is 0 Å². The van der Waals surface area contributed by atoms with Gasteiger partial charge in [-0.25, -0.2) is 0 Å². The van der Waals surface area contributed by atoms with Crippen LogP contribution in [0.2, 0.25) is 5.02 Å². The Labute approximate surface area is 182 Å². The first kappa shape index (κ1) is 23.3. The van der Waals surface area contributed by atoms with Gasteiger partial charge in [-0.2, -0.15) is 0 Å². The van der Waals surface area contributed by atoms with E-state index in [0.29, 0.717) is 23.1 Å². The molecule has 0 saturated carbocycles. The minimum Gasteiger partial charge on any atom is -0.373 e. The normalized spacial score (nSPS) is 11.9. The Bertz CT molecular complexity index is 782. The zero-order valence-corrected chi connectivity index (χ0v) is 18.5. The van der Waals surface area contributed by atoms with Crippen LogP contribution < -0.4 is 5.32 Å². The molecule has 1 amide bonds. The zero-order chi connectivity index (χ0) is 21.2. The van der Waals surface area contributed by atoms with Gasteiger partial charge in [0, 0.05) is 32.7 Å². The topological polar surface area (TPSA) is 50.8 Å². The van der Waals surface area contributed by atoms with Crippen LogP contribution in [0.3, 0.4) is 0 Å². The van der Waals surface area contributed by atoms with E-state index in [4.69, 9.17) is 33.3 Å². The largest absolute Gasteiger partial charge is 0.373 e. The third kappa shape index (κ3) is 7.08. The van der Waals surface area contributed by atoms with E-state index in [0.717, 1.165) is 17.5 Å². The summed E-state index contributed by atoms with van der Waals surface area (Å²) in [5.41, 5.74) is 2.05. The molecule has 0 spiro atoms. The summed E-state index contributed by atoms with van der Waals surface area (Å²) >= 11 is 11.7. The van der Waals surface area contributed by atoms with Gasteiger partial charge in [0.05, 0.1) is 6.54 Å². The Kier molecular flexibility index (Phi) is 9.54. The van der Waals surface area contributed by atoms with Gasteiger partial charge in [-0.3, -0.25) is 4.79 Å². The highest BCUT2D eigenvalue weighted by molar-refractivity contribution is 7.80. The highest BCUT2D eigenvalue weighted by Crippen LogP contribution is 2.24. The number of ether oxygens (including phenoxy) is 2. The number of benzene rings is 2. The second-order valence-electron chi connectivity index (χ2n) is 6.55. The highest BCUT2D eigenvalue weighted by atomic mass is 35.5. The predicted octanol–water partition coefficient (Wildman–Crippen LogP) is 4.01. The molecule has 2 rings (SSSR count). The van der Waals surface area contributed by atoms with Gasteiger partial charge in [-0.05, 0) is 29.7 Å². The van der Waals surface area contributed by atoms with Gasteiger partial charge in [0.2, 0.25) is 5.91 Å². The van der Waals surface area contributed by atoms with Crippen LogP contribution in [0.15, 0.2) is 54.6 Å². The molecule has 1 unspecified atom stereocenters. The summed E-state index contributed by atoms with van der Waals surface area (Å²) < 4.78 is 10.4. The van der Waals surface area contributed by atoms with Gasteiger partial charge in [-0.1, -0.05) is 66.3 Å². The summed E-state index contributed by atoms with van der Waals surface area (Å²) in [6.07, 6.45) is 0.292. The number of carbonyl (C=O) groups is 1. The van der Waals surface area contributed by atoms with E-state index in [1.807, 2.05) is 42.5 Å². The van der Waals surface area contributed by atoms with Crippen molar-refractivity contribution in [1.29, 1.82) is 0 Å². The maximum Gasteiger partial charge on any atom is 0.220 e. The van der Waals surface area contributed by atoms with Crippen LogP contribution in [0, 0.1) is 0 Å². The fraction of sp³-hybridized carbons (Fsp3) is 0.364. The van der Waals surface area contributed by atoms with Crippen LogP contribution in [0.1, 0.15) is 24.1 Å². The lowest BCUT2D eigenvalue weighted by Crippen LogP contribution is -2.45. The summed E-state index contributed by atoms with van der Waals surface area (Å²) in [5.74, 6) is -0.0555. The zero-order valence-electron chi connectivity index (χ0n) is 16.9. The SMILES string of the molecule is COC(CNC(=S)C(c1ccc(Cl)cc1)N(CCc1ccccc1)C(C)=O)OC. The van der Waals surface area contributed by atoms with Crippen LogP contribution in [0.5, 0.6) is 0 Å². The molecule has 29 heavy (non-hydrogen) atoms. The van der Waals surface area contributed by atoms with E-state index in [1.165, 1.54) is 0 Å². The number of rotatable bonds is 10. The fourth-order valence-corrected chi connectivity index (χ4v) is 3.50. The molecule has 0 radical (unpaired) electrons. The molecule has 0 fully saturated rings. The van der Waals surface area contributed by atoms with Crippen molar-refractivity contribution in [3.63, 3.8) is 0 Å². The van der Waals surface area contributed by atoms with E-state index in [2.05, 4.69) is 5.32 Å². The third-order valence-corrected chi connectivity index (χ3v) is 5.22. The molecule has 0 aliphatic heterocycles. The second-order valence-corrected chi connectivity index (χ2v) is 7.42. The van der Waals surface area contributed by atoms with Crippen LogP contribution in [0.4, 0.5) is 0 Å². The van der Waals surface area contributed by atoms with Crippen molar-refractivity contribution in [2.75, 3.05) is 27.3 Å². The molecular weight excluding hydrogens is 408 g/mol. The average molecular weight is 435 g/mol. The first-order valence-corrected chi connectivity index (χ1v) is 10.1. The van der Waals surface area contributed by atoms with E-state index < -0.39 is 12.3 Å². The van der Waals surface area contributed by atoms with E-state index in [1.54, 1.807) is 38.2 Å². The van der Waals surface area contributed by atoms with Crippen molar-refractivity contribution < 1.29 is 14.3 Å². The first-order valence-electron chi connectivity index (χ1n) is 9.36. The lowest BCUT2D eigenvalue weighted by atomic mass is 10.0. The van der Waals surface area contributed by atoms with Gasteiger partial charge < -0.3 is 19.7 Å². The number of hydrogen-bond donors (Lipinski definition) is 1. The molecule has 0 bridgehead atoms. The monoisotopic (exact) mass is 434 g/mol. The van der Waals surface area contributed by atoms with Crippen molar-refractivity contribution >= 4 is 34.7 Å². The number of hydrogen-bond acceptors (Lipinski definition) is 4. The molecule has 2 aromatic rings. The highest BCUT2D eigenvalue weighted by Gasteiger charge is 2.27. The maximum absolute atomic E-state index is 12.6. The Morgan fingerprint density at radius 3 is 2.28 bits per heavy atom.